The summed E-state index contributed by atoms with van der Waals surface area (Å²) in [6, 6.07) is 0. The summed E-state index contributed by atoms with van der Waals surface area (Å²) in [6.45, 7) is 3.32. The van der Waals surface area contributed by atoms with Gasteiger partial charge in [-0.1, -0.05) is 12.2 Å². The van der Waals surface area contributed by atoms with E-state index in [2.05, 4.69) is 0 Å². The first-order valence-corrected chi connectivity index (χ1v) is 3.63. The number of hydrogen-bond acceptors (Lipinski definition) is 2. The first-order chi connectivity index (χ1) is 5.38. The lowest BCUT2D eigenvalue weighted by atomic mass is 10.4. The van der Waals surface area contributed by atoms with Gasteiger partial charge in [0, 0.05) is 12.7 Å². The van der Waals surface area contributed by atoms with E-state index in [4.69, 9.17) is 0 Å². The van der Waals surface area contributed by atoms with E-state index >= 15 is 0 Å². The van der Waals surface area contributed by atoms with Crippen LogP contribution in [0.5, 0.6) is 0 Å². The number of hydrogen-bond donors (Lipinski definition) is 0. The minimum absolute atomic E-state index is 0.654. The van der Waals surface area contributed by atoms with Crippen molar-refractivity contribution in [3.8, 4) is 0 Å². The average molecular weight is 151 g/mol. The Bertz CT molecular complexity index is 187. The fraction of sp³-hybridized carbons (Fsp3) is 0.375. The topological polar surface area (TPSA) is 23.6 Å². The molecule has 0 saturated carbocycles. The molecule has 0 aliphatic carbocycles. The molecule has 11 heavy (non-hydrogen) atoms. The van der Waals surface area contributed by atoms with Gasteiger partial charge in [-0.25, -0.2) is 5.01 Å². The van der Waals surface area contributed by atoms with Gasteiger partial charge in [0.15, 0.2) is 0 Å². The van der Waals surface area contributed by atoms with Crippen LogP contribution in [0, 0.1) is 0 Å². The molecule has 0 unspecified atom stereocenters. The second kappa shape index (κ2) is 3.81. The fourth-order valence-electron chi connectivity index (χ4n) is 0.935. The normalized spacial score (nSPS) is 15.2. The zero-order chi connectivity index (χ0) is 8.10. The summed E-state index contributed by atoms with van der Waals surface area (Å²) < 4.78 is 0. The van der Waals surface area contributed by atoms with Crippen molar-refractivity contribution >= 4 is 6.41 Å². The predicted octanol–water partition coefficient (Wildman–Crippen LogP) is 0.676. The Morgan fingerprint density at radius 1 is 1.64 bits per heavy atom. The van der Waals surface area contributed by atoms with Gasteiger partial charge >= 0.3 is 6.41 Å². The lowest BCUT2D eigenvalue weighted by molar-refractivity contribution is 0.118. The molecule has 0 aromatic carbocycles. The van der Waals surface area contributed by atoms with Crippen molar-refractivity contribution in [2.75, 3.05) is 13.1 Å². The molecule has 1 aliphatic heterocycles. The number of rotatable bonds is 3. The maximum Gasteiger partial charge on any atom is 0.332 e. The van der Waals surface area contributed by atoms with Crippen LogP contribution in [0.25, 0.3) is 0 Å². The number of hydrazine groups is 1. The SMILES string of the molecule is CCN([C]=O)N1C=CC=CC1. The van der Waals surface area contributed by atoms with Crippen LogP contribution in [0.1, 0.15) is 6.92 Å². The molecule has 59 valence electrons. The first-order valence-electron chi connectivity index (χ1n) is 3.63. The van der Waals surface area contributed by atoms with Crippen LogP contribution < -0.4 is 0 Å². The predicted molar refractivity (Wildman–Crippen MR) is 43.1 cm³/mol. The van der Waals surface area contributed by atoms with E-state index in [1.54, 1.807) is 0 Å². The largest absolute Gasteiger partial charge is 0.332 e. The standard InChI is InChI=1S/C8H11N2O/c1-2-9(8-11)10-6-4-3-5-7-10/h3-6H,2,7H2,1H3. The molecular weight excluding hydrogens is 140 g/mol. The molecule has 3 nitrogen and oxygen atoms in total. The van der Waals surface area contributed by atoms with Gasteiger partial charge < -0.3 is 0 Å². The fourth-order valence-corrected chi connectivity index (χ4v) is 0.935. The number of amides is 1. The Labute approximate surface area is 66.6 Å². The Balaban J connectivity index is 2.52. The molecule has 1 radical (unpaired) electrons. The minimum Gasteiger partial charge on any atom is -0.286 e. The average Bonchev–Trinajstić information content (AvgIpc) is 2.09. The monoisotopic (exact) mass is 151 g/mol. The quantitative estimate of drug-likeness (QED) is 0.554. The Kier molecular flexibility index (Phi) is 2.72. The van der Waals surface area contributed by atoms with Crippen molar-refractivity contribution < 1.29 is 4.79 Å². The third-order valence-corrected chi connectivity index (χ3v) is 1.51. The van der Waals surface area contributed by atoms with Crippen LogP contribution in [-0.4, -0.2) is 29.5 Å². The van der Waals surface area contributed by atoms with E-state index in [9.17, 15) is 4.79 Å². The minimum atomic E-state index is 0.654. The van der Waals surface area contributed by atoms with Gasteiger partial charge in [-0.05, 0) is 13.0 Å². The third kappa shape index (κ3) is 1.83. The van der Waals surface area contributed by atoms with Crippen LogP contribution in [0.4, 0.5) is 0 Å². The lowest BCUT2D eigenvalue weighted by Gasteiger charge is -2.28. The molecule has 0 saturated heterocycles. The van der Waals surface area contributed by atoms with Gasteiger partial charge in [0.25, 0.3) is 0 Å². The van der Waals surface area contributed by atoms with Crippen molar-refractivity contribution in [1.29, 1.82) is 0 Å². The zero-order valence-corrected chi connectivity index (χ0v) is 6.53. The summed E-state index contributed by atoms with van der Waals surface area (Å²) >= 11 is 0. The Morgan fingerprint density at radius 3 is 2.91 bits per heavy atom. The molecule has 0 bridgehead atoms. The van der Waals surface area contributed by atoms with Crippen LogP contribution >= 0.6 is 0 Å². The van der Waals surface area contributed by atoms with Crippen molar-refractivity contribution in [1.82, 2.24) is 10.0 Å². The molecule has 3 heteroatoms. The maximum atomic E-state index is 10.3. The van der Waals surface area contributed by atoms with Crippen LogP contribution in [0.15, 0.2) is 24.4 Å². The number of allylic oxidation sites excluding steroid dienone is 2. The number of carbonyl (C=O) groups excluding carboxylic acids is 1. The Hall–Kier alpha value is -1.25. The highest BCUT2D eigenvalue weighted by Gasteiger charge is 2.06. The van der Waals surface area contributed by atoms with Gasteiger partial charge in [0.1, 0.15) is 0 Å². The summed E-state index contributed by atoms with van der Waals surface area (Å²) in [5.41, 5.74) is 0. The maximum absolute atomic E-state index is 10.3. The van der Waals surface area contributed by atoms with E-state index < -0.39 is 0 Å². The number of nitrogens with zero attached hydrogens (tertiary/aromatic N) is 2. The van der Waals surface area contributed by atoms with E-state index in [1.165, 1.54) is 5.01 Å². The molecule has 1 heterocycles. The molecule has 1 aliphatic rings. The van der Waals surface area contributed by atoms with Crippen molar-refractivity contribution in [2.45, 2.75) is 6.92 Å². The van der Waals surface area contributed by atoms with Crippen molar-refractivity contribution in [3.05, 3.63) is 24.4 Å². The molecule has 0 spiro atoms. The molecular formula is C8H11N2O. The van der Waals surface area contributed by atoms with E-state index in [0.717, 1.165) is 6.54 Å². The van der Waals surface area contributed by atoms with Crippen LogP contribution in [0.3, 0.4) is 0 Å². The highest BCUT2D eigenvalue weighted by Crippen LogP contribution is 2.01. The van der Waals surface area contributed by atoms with E-state index in [-0.39, 0.29) is 0 Å². The van der Waals surface area contributed by atoms with E-state index in [1.807, 2.05) is 42.8 Å². The molecule has 0 N–H and O–H groups in total. The third-order valence-electron chi connectivity index (χ3n) is 1.51. The summed E-state index contributed by atoms with van der Waals surface area (Å²) in [6.07, 6.45) is 9.53. The van der Waals surface area contributed by atoms with Gasteiger partial charge in [-0.15, -0.1) is 0 Å². The zero-order valence-electron chi connectivity index (χ0n) is 6.53. The molecule has 0 atom stereocenters. The first kappa shape index (κ1) is 7.85. The van der Waals surface area contributed by atoms with Crippen molar-refractivity contribution in [3.63, 3.8) is 0 Å². The van der Waals surface area contributed by atoms with Gasteiger partial charge in [0.2, 0.25) is 0 Å². The Morgan fingerprint density at radius 2 is 2.45 bits per heavy atom. The molecule has 0 fully saturated rings. The summed E-state index contributed by atoms with van der Waals surface area (Å²) in [5.74, 6) is 0. The van der Waals surface area contributed by atoms with Crippen LogP contribution in [-0.2, 0) is 4.79 Å². The van der Waals surface area contributed by atoms with Gasteiger partial charge in [-0.2, -0.15) is 0 Å². The molecule has 0 aromatic rings. The lowest BCUT2D eigenvalue weighted by Crippen LogP contribution is -2.38. The van der Waals surface area contributed by atoms with Gasteiger partial charge in [-0.3, -0.25) is 9.80 Å². The summed E-state index contributed by atoms with van der Waals surface area (Å²) in [7, 11) is 0. The van der Waals surface area contributed by atoms with E-state index in [0.29, 0.717) is 6.54 Å². The second-order valence-electron chi connectivity index (χ2n) is 2.20. The second-order valence-corrected chi connectivity index (χ2v) is 2.20. The van der Waals surface area contributed by atoms with Crippen LogP contribution in [0.2, 0.25) is 0 Å². The molecule has 0 aromatic heterocycles. The highest BCUT2D eigenvalue weighted by molar-refractivity contribution is 5.47. The van der Waals surface area contributed by atoms with Crippen molar-refractivity contribution in [2.24, 2.45) is 0 Å². The molecule has 1 amide bonds. The smallest absolute Gasteiger partial charge is 0.286 e. The highest BCUT2D eigenvalue weighted by atomic mass is 16.1. The summed E-state index contributed by atoms with van der Waals surface area (Å²) in [4.78, 5) is 10.3. The molecule has 1 rings (SSSR count). The van der Waals surface area contributed by atoms with Gasteiger partial charge in [0.05, 0.1) is 6.54 Å². The summed E-state index contributed by atoms with van der Waals surface area (Å²) in [5, 5.41) is 3.31.